The zero-order valence-electron chi connectivity index (χ0n) is 20.3. The molecule has 0 N–H and O–H groups in total. The van der Waals surface area contributed by atoms with E-state index in [0.717, 1.165) is 43.1 Å². The van der Waals surface area contributed by atoms with Crippen molar-refractivity contribution in [3.63, 3.8) is 0 Å². The van der Waals surface area contributed by atoms with Gasteiger partial charge < -0.3 is 9.47 Å². The highest BCUT2D eigenvalue weighted by molar-refractivity contribution is 6.17. The first-order valence-electron chi connectivity index (χ1n) is 12.3. The number of esters is 2. The largest absolute Gasteiger partial charge is 0.458 e. The van der Waals surface area contributed by atoms with Gasteiger partial charge in [-0.15, -0.1) is 0 Å². The number of rotatable bonds is 5. The maximum absolute atomic E-state index is 13.4. The van der Waals surface area contributed by atoms with Crippen LogP contribution in [0.25, 0.3) is 43.1 Å². The Kier molecular flexibility index (Phi) is 5.78. The Morgan fingerprint density at radius 2 is 0.919 bits per heavy atom. The van der Waals surface area contributed by atoms with E-state index in [-0.39, 0.29) is 6.61 Å². The summed E-state index contributed by atoms with van der Waals surface area (Å²) in [5, 5.41) is 7.20. The van der Waals surface area contributed by atoms with E-state index in [1.54, 1.807) is 6.92 Å². The second kappa shape index (κ2) is 9.40. The van der Waals surface area contributed by atoms with Crippen molar-refractivity contribution in [1.29, 1.82) is 0 Å². The van der Waals surface area contributed by atoms with Gasteiger partial charge in [0.1, 0.15) is 12.7 Å². The van der Waals surface area contributed by atoms with Crippen molar-refractivity contribution in [1.82, 2.24) is 0 Å². The normalized spacial score (nSPS) is 12.1. The van der Waals surface area contributed by atoms with E-state index in [4.69, 9.17) is 9.47 Å². The molecule has 0 aromatic heterocycles. The van der Waals surface area contributed by atoms with Crippen LogP contribution >= 0.6 is 0 Å². The van der Waals surface area contributed by atoms with E-state index in [1.165, 1.54) is 0 Å². The van der Waals surface area contributed by atoms with Crippen molar-refractivity contribution < 1.29 is 19.1 Å². The SMILES string of the molecule is C[C@H](COC(=O)c1c2ccccc2cc2ccccc12)OC(=O)c1c2ccccc2cc2ccccc12. The summed E-state index contributed by atoms with van der Waals surface area (Å²) < 4.78 is 11.5. The zero-order chi connectivity index (χ0) is 25.4. The molecule has 180 valence electrons. The number of carbonyl (C=O) groups is 2. The van der Waals surface area contributed by atoms with Crippen molar-refractivity contribution >= 4 is 55.0 Å². The highest BCUT2D eigenvalue weighted by Crippen LogP contribution is 2.31. The number of hydrogen-bond acceptors (Lipinski definition) is 4. The molecule has 0 aliphatic rings. The molecule has 4 heteroatoms. The summed E-state index contributed by atoms with van der Waals surface area (Å²) >= 11 is 0. The lowest BCUT2D eigenvalue weighted by molar-refractivity contribution is 0.00493. The minimum atomic E-state index is -0.629. The molecule has 0 radical (unpaired) electrons. The third-order valence-corrected chi connectivity index (χ3v) is 6.71. The zero-order valence-corrected chi connectivity index (χ0v) is 20.3. The van der Waals surface area contributed by atoms with Gasteiger partial charge in [0.05, 0.1) is 11.1 Å². The van der Waals surface area contributed by atoms with Crippen molar-refractivity contribution in [2.45, 2.75) is 13.0 Å². The Morgan fingerprint density at radius 1 is 0.568 bits per heavy atom. The lowest BCUT2D eigenvalue weighted by atomic mass is 9.97. The van der Waals surface area contributed by atoms with Crippen molar-refractivity contribution in [3.8, 4) is 0 Å². The molecule has 0 saturated heterocycles. The van der Waals surface area contributed by atoms with Gasteiger partial charge in [-0.25, -0.2) is 9.59 Å². The van der Waals surface area contributed by atoms with E-state index in [1.807, 2.05) is 97.1 Å². The molecule has 0 amide bonds. The fourth-order valence-corrected chi connectivity index (χ4v) is 5.01. The summed E-state index contributed by atoms with van der Waals surface area (Å²) in [5.41, 5.74) is 1.04. The molecule has 0 aliphatic carbocycles. The van der Waals surface area contributed by atoms with Gasteiger partial charge in [-0.05, 0) is 62.1 Å². The summed E-state index contributed by atoms with van der Waals surface area (Å²) in [6.07, 6.45) is -0.629. The fourth-order valence-electron chi connectivity index (χ4n) is 5.01. The molecular weight excluding hydrogens is 460 g/mol. The van der Waals surface area contributed by atoms with Crippen molar-refractivity contribution in [3.05, 3.63) is 120 Å². The topological polar surface area (TPSA) is 52.6 Å². The Hall–Kier alpha value is -4.70. The van der Waals surface area contributed by atoms with Gasteiger partial charge in [0.2, 0.25) is 0 Å². The molecule has 0 saturated carbocycles. The van der Waals surface area contributed by atoms with Crippen LogP contribution in [0.2, 0.25) is 0 Å². The van der Waals surface area contributed by atoms with E-state index >= 15 is 0 Å². The van der Waals surface area contributed by atoms with Crippen LogP contribution in [0.15, 0.2) is 109 Å². The molecule has 6 aromatic carbocycles. The lowest BCUT2D eigenvalue weighted by Gasteiger charge is -2.17. The van der Waals surface area contributed by atoms with Crippen LogP contribution in [-0.2, 0) is 9.47 Å². The number of ether oxygens (including phenoxy) is 2. The Balaban J connectivity index is 1.26. The highest BCUT2D eigenvalue weighted by atomic mass is 16.6. The monoisotopic (exact) mass is 484 g/mol. The Labute approximate surface area is 214 Å². The minimum absolute atomic E-state index is 0.0508. The van der Waals surface area contributed by atoms with E-state index < -0.39 is 18.0 Å². The maximum Gasteiger partial charge on any atom is 0.339 e. The maximum atomic E-state index is 13.4. The van der Waals surface area contributed by atoms with E-state index in [9.17, 15) is 9.59 Å². The minimum Gasteiger partial charge on any atom is -0.458 e. The first kappa shape index (κ1) is 22.7. The molecule has 1 atom stereocenters. The molecular formula is C33H24O4. The van der Waals surface area contributed by atoms with Crippen molar-refractivity contribution in [2.24, 2.45) is 0 Å². The lowest BCUT2D eigenvalue weighted by Crippen LogP contribution is -2.23. The van der Waals surface area contributed by atoms with Gasteiger partial charge in [0, 0.05) is 0 Å². The number of benzene rings is 6. The van der Waals surface area contributed by atoms with Crippen molar-refractivity contribution in [2.75, 3.05) is 6.61 Å². The third-order valence-electron chi connectivity index (χ3n) is 6.71. The van der Waals surface area contributed by atoms with Gasteiger partial charge in [-0.3, -0.25) is 0 Å². The van der Waals surface area contributed by atoms with E-state index in [2.05, 4.69) is 12.1 Å². The van der Waals surface area contributed by atoms with Gasteiger partial charge >= 0.3 is 11.9 Å². The Morgan fingerprint density at radius 3 is 1.32 bits per heavy atom. The Bertz CT molecular complexity index is 1710. The second-order valence-electron chi connectivity index (χ2n) is 9.20. The quantitative estimate of drug-likeness (QED) is 0.186. The van der Waals surface area contributed by atoms with Gasteiger partial charge in [-0.2, -0.15) is 0 Å². The molecule has 37 heavy (non-hydrogen) atoms. The first-order chi connectivity index (χ1) is 18.1. The summed E-state index contributed by atoms with van der Waals surface area (Å²) in [6, 6.07) is 35.2. The molecule has 0 aliphatic heterocycles. The van der Waals surface area contributed by atoms with Crippen LogP contribution in [0.5, 0.6) is 0 Å². The predicted molar refractivity (Wildman–Crippen MR) is 148 cm³/mol. The summed E-state index contributed by atoms with van der Waals surface area (Å²) in [6.45, 7) is 1.69. The van der Waals surface area contributed by atoms with Gasteiger partial charge in [0.15, 0.2) is 0 Å². The molecule has 0 bridgehead atoms. The molecule has 0 spiro atoms. The van der Waals surface area contributed by atoms with Gasteiger partial charge in [-0.1, -0.05) is 97.1 Å². The molecule has 0 unspecified atom stereocenters. The summed E-state index contributed by atoms with van der Waals surface area (Å²) in [7, 11) is 0. The second-order valence-corrected chi connectivity index (χ2v) is 9.20. The van der Waals surface area contributed by atoms with Crippen LogP contribution in [0.4, 0.5) is 0 Å². The third kappa shape index (κ3) is 4.17. The fraction of sp³-hybridized carbons (Fsp3) is 0.0909. The molecule has 6 rings (SSSR count). The standard InChI is InChI=1S/C33H24O4/c1-21(37-33(35)31-28-16-8-4-12-24(28)19-25-13-5-9-17-29(25)31)20-36-32(34)30-26-14-6-2-10-22(26)18-23-11-3-7-15-27(23)30/h2-19,21H,20H2,1H3/t21-/m1/s1. The number of fused-ring (bicyclic) bond motifs is 4. The molecule has 0 fully saturated rings. The number of hydrogen-bond donors (Lipinski definition) is 0. The average molecular weight is 485 g/mol. The average Bonchev–Trinajstić information content (AvgIpc) is 2.93. The molecule has 4 nitrogen and oxygen atoms in total. The number of carbonyl (C=O) groups excluding carboxylic acids is 2. The summed E-state index contributed by atoms with van der Waals surface area (Å²) in [4.78, 5) is 26.7. The summed E-state index contributed by atoms with van der Waals surface area (Å²) in [5.74, 6) is -0.876. The van der Waals surface area contributed by atoms with Crippen LogP contribution in [-0.4, -0.2) is 24.6 Å². The van der Waals surface area contributed by atoms with Crippen LogP contribution in [0.3, 0.4) is 0 Å². The smallest absolute Gasteiger partial charge is 0.339 e. The predicted octanol–water partition coefficient (Wildman–Crippen LogP) is 7.70. The van der Waals surface area contributed by atoms with Crippen LogP contribution < -0.4 is 0 Å². The molecule has 0 heterocycles. The van der Waals surface area contributed by atoms with Gasteiger partial charge in [0.25, 0.3) is 0 Å². The van der Waals surface area contributed by atoms with Crippen LogP contribution in [0.1, 0.15) is 27.6 Å². The first-order valence-corrected chi connectivity index (χ1v) is 12.3. The van der Waals surface area contributed by atoms with Crippen LogP contribution in [0, 0.1) is 0 Å². The van der Waals surface area contributed by atoms with E-state index in [0.29, 0.717) is 11.1 Å². The molecule has 6 aromatic rings. The highest BCUT2D eigenvalue weighted by Gasteiger charge is 2.21.